The van der Waals surface area contributed by atoms with E-state index in [1.54, 1.807) is 0 Å². The Labute approximate surface area is 218 Å². The first kappa shape index (κ1) is 24.2. The van der Waals surface area contributed by atoms with Gasteiger partial charge in [-0.25, -0.2) is 0 Å². The number of para-hydroxylation sites is 1. The summed E-state index contributed by atoms with van der Waals surface area (Å²) in [5.74, 6) is 1.16. The van der Waals surface area contributed by atoms with Crippen LogP contribution in [0.3, 0.4) is 0 Å². The molecule has 0 amide bonds. The van der Waals surface area contributed by atoms with Crippen LogP contribution in [0, 0.1) is 0 Å². The van der Waals surface area contributed by atoms with Gasteiger partial charge >= 0.3 is 212 Å². The Bertz CT molecular complexity index is 1250. The van der Waals surface area contributed by atoms with Crippen molar-refractivity contribution in [3.63, 3.8) is 0 Å². The quantitative estimate of drug-likeness (QED) is 0.279. The van der Waals surface area contributed by atoms with Crippen LogP contribution >= 0.6 is 31.2 Å². The minimum atomic E-state index is -3.32. The number of benzene rings is 2. The van der Waals surface area contributed by atoms with Gasteiger partial charge in [-0.2, -0.15) is 0 Å². The number of thioether (sulfide) groups is 1. The molecule has 4 heterocycles. The predicted octanol–water partition coefficient (Wildman–Crippen LogP) is 2.72. The molecule has 4 unspecified atom stereocenters. The van der Waals surface area contributed by atoms with E-state index < -0.39 is 37.9 Å². The third kappa shape index (κ3) is 4.64. The van der Waals surface area contributed by atoms with Gasteiger partial charge in [0.05, 0.1) is 0 Å². The summed E-state index contributed by atoms with van der Waals surface area (Å²) in [6.07, 6.45) is -1.60. The molecule has 36 heavy (non-hydrogen) atoms. The first-order chi connectivity index (χ1) is 17.4. The molecule has 3 aliphatic heterocycles. The number of ether oxygens (including phenoxy) is 1. The summed E-state index contributed by atoms with van der Waals surface area (Å²) in [5.41, 5.74) is 1.16. The molecule has 0 bridgehead atoms. The molecule has 2 fully saturated rings. The van der Waals surface area contributed by atoms with Gasteiger partial charge in [0.1, 0.15) is 0 Å². The van der Waals surface area contributed by atoms with E-state index in [4.69, 9.17) is 25.4 Å². The maximum atomic E-state index is 11.3. The molecule has 0 aliphatic carbocycles. The van der Waals surface area contributed by atoms with Crippen LogP contribution in [0.5, 0.6) is 0 Å². The third-order valence-corrected chi connectivity index (χ3v) is 8.92. The van der Waals surface area contributed by atoms with Crippen LogP contribution in [0.2, 0.25) is 5.02 Å². The standard InChI is InChI=1S/C22H24BClN5O5PS/c23-35(31)32-10-15-18(34-35)17(30)21(33-15)29-20-16(28-22(29)36-14-8-6-12(24)7-9-14)19(25-11-26-20)27-13-4-2-1-3-5-13/h1-9,11,15,17-18,21-22,28,30-31,35H,10,23H2,(H,25,26,27)/t15?,17?,18-,21?,22?/m1/s1. The van der Waals surface area contributed by atoms with Gasteiger partial charge in [-0.15, -0.1) is 0 Å². The molecule has 0 saturated carbocycles. The second-order valence-corrected chi connectivity index (χ2v) is 12.6. The molecule has 0 spiro atoms. The molecule has 14 heteroatoms. The van der Waals surface area contributed by atoms with Gasteiger partial charge in [-0.3, -0.25) is 0 Å². The Morgan fingerprint density at radius 2 is 1.94 bits per heavy atom. The van der Waals surface area contributed by atoms with Crippen molar-refractivity contribution in [2.24, 2.45) is 0 Å². The molecule has 0 radical (unpaired) electrons. The van der Waals surface area contributed by atoms with Crippen molar-refractivity contribution < 1.29 is 23.8 Å². The van der Waals surface area contributed by atoms with Crippen LogP contribution in [0.25, 0.3) is 0 Å². The van der Waals surface area contributed by atoms with Gasteiger partial charge in [0.15, 0.2) is 0 Å². The summed E-state index contributed by atoms with van der Waals surface area (Å²) in [4.78, 5) is 22.2. The number of anilines is 4. The van der Waals surface area contributed by atoms with Crippen LogP contribution in [-0.4, -0.2) is 64.2 Å². The van der Waals surface area contributed by atoms with Crippen LogP contribution in [0.1, 0.15) is 0 Å². The van der Waals surface area contributed by atoms with Gasteiger partial charge in [0, 0.05) is 0 Å². The number of rotatable bonds is 5. The fourth-order valence-corrected chi connectivity index (χ4v) is 7.02. The van der Waals surface area contributed by atoms with Crippen LogP contribution in [0.4, 0.5) is 23.0 Å². The Morgan fingerprint density at radius 1 is 1.17 bits per heavy atom. The Morgan fingerprint density at radius 3 is 2.72 bits per heavy atom. The number of nitrogens with one attached hydrogen (secondary N) is 2. The SMILES string of the molecule is B[PH]1(O)OCC2OC(N3c4ncnc(Nc5ccccc5)c4NC3Sc3ccc(Cl)cc3)C(O)[C@@H]2O1. The number of hydrogen-bond donors (Lipinski definition) is 4. The molecule has 10 nitrogen and oxygen atoms in total. The Balaban J connectivity index is 1.35. The molecule has 3 aliphatic rings. The van der Waals surface area contributed by atoms with Gasteiger partial charge < -0.3 is 0 Å². The number of fused-ring (bicyclic) bond motifs is 2. The third-order valence-electron chi connectivity index (χ3n) is 6.14. The summed E-state index contributed by atoms with van der Waals surface area (Å²) >= 11 is 7.60. The zero-order chi connectivity index (χ0) is 24.9. The normalized spacial score (nSPS) is 29.2. The fourth-order valence-electron chi connectivity index (χ4n) is 4.50. The van der Waals surface area contributed by atoms with E-state index in [-0.39, 0.29) is 6.61 Å². The van der Waals surface area contributed by atoms with E-state index in [9.17, 15) is 10.00 Å². The molecule has 188 valence electrons. The van der Waals surface area contributed by atoms with Crippen LogP contribution in [-0.2, 0) is 13.8 Å². The Kier molecular flexibility index (Phi) is 6.47. The molecule has 6 rings (SSSR count). The van der Waals surface area contributed by atoms with Crippen LogP contribution in [0.15, 0.2) is 65.8 Å². The number of halogens is 1. The van der Waals surface area contributed by atoms with E-state index >= 15 is 0 Å². The first-order valence-corrected chi connectivity index (χ1v) is 14.9. The number of aliphatic hydroxyl groups is 1. The van der Waals surface area contributed by atoms with E-state index in [2.05, 4.69) is 20.6 Å². The second-order valence-electron chi connectivity index (χ2n) is 8.73. The van der Waals surface area contributed by atoms with E-state index in [1.165, 1.54) is 25.7 Å². The summed E-state index contributed by atoms with van der Waals surface area (Å²) in [6.45, 7) is 0.144. The van der Waals surface area contributed by atoms with Crippen molar-refractivity contribution >= 4 is 61.8 Å². The number of aromatic nitrogens is 2. The summed E-state index contributed by atoms with van der Waals surface area (Å²) < 4.78 is 17.5. The summed E-state index contributed by atoms with van der Waals surface area (Å²) in [7, 11) is -1.79. The molecule has 2 saturated heterocycles. The van der Waals surface area contributed by atoms with Crippen molar-refractivity contribution in [1.29, 1.82) is 0 Å². The molecule has 3 aromatic rings. The topological polar surface area (TPSA) is 121 Å². The van der Waals surface area contributed by atoms with Crippen molar-refractivity contribution in [3.8, 4) is 0 Å². The average molecular weight is 548 g/mol. The first-order valence-electron chi connectivity index (χ1n) is 11.4. The molecule has 2 aromatic carbocycles. The van der Waals surface area contributed by atoms with Crippen LogP contribution < -0.4 is 15.5 Å². The number of nitrogens with zero attached hydrogens (tertiary/aromatic N) is 3. The molecular formula is C22H24BClN5O5PS. The number of hydrogen-bond acceptors (Lipinski definition) is 11. The van der Waals surface area contributed by atoms with Gasteiger partial charge in [-0.1, -0.05) is 6.07 Å². The maximum absolute atomic E-state index is 11.3. The van der Waals surface area contributed by atoms with E-state index in [1.807, 2.05) is 59.5 Å². The molecule has 4 N–H and O–H groups in total. The van der Waals surface area contributed by atoms with Gasteiger partial charge in [-0.05, 0) is 0 Å². The van der Waals surface area contributed by atoms with E-state index in [0.717, 1.165) is 10.6 Å². The summed E-state index contributed by atoms with van der Waals surface area (Å²) in [5, 5.41) is 18.8. The predicted molar refractivity (Wildman–Crippen MR) is 144 cm³/mol. The fraction of sp³-hybridized carbons (Fsp3) is 0.273. The molecule has 5 atom stereocenters. The molecular weight excluding hydrogens is 524 g/mol. The Hall–Kier alpha value is -2.15. The monoisotopic (exact) mass is 547 g/mol. The summed E-state index contributed by atoms with van der Waals surface area (Å²) in [6, 6.07) is 17.2. The van der Waals surface area contributed by atoms with Crippen molar-refractivity contribution in [2.75, 3.05) is 22.1 Å². The van der Waals surface area contributed by atoms with Crippen molar-refractivity contribution in [2.45, 2.75) is 34.9 Å². The zero-order valence-electron chi connectivity index (χ0n) is 19.1. The average Bonchev–Trinajstić information content (AvgIpc) is 3.38. The van der Waals surface area contributed by atoms with Crippen molar-refractivity contribution in [3.05, 3.63) is 65.9 Å². The minimum absolute atomic E-state index is 0.144. The molecule has 1 aromatic heterocycles. The van der Waals surface area contributed by atoms with Gasteiger partial charge in [0.25, 0.3) is 0 Å². The van der Waals surface area contributed by atoms with E-state index in [0.29, 0.717) is 22.3 Å². The van der Waals surface area contributed by atoms with Gasteiger partial charge in [0.2, 0.25) is 0 Å². The second kappa shape index (κ2) is 9.62. The van der Waals surface area contributed by atoms with Crippen molar-refractivity contribution in [1.82, 2.24) is 9.97 Å². The number of aliphatic hydroxyl groups excluding tert-OH is 1. The zero-order valence-corrected chi connectivity index (χ0v) is 21.7.